The molecular weight excluding hydrogens is 284 g/mol. The van der Waals surface area contributed by atoms with E-state index in [0.29, 0.717) is 0 Å². The third-order valence-corrected chi connectivity index (χ3v) is 2.90. The van der Waals surface area contributed by atoms with E-state index in [2.05, 4.69) is 36.6 Å². The van der Waals surface area contributed by atoms with E-state index in [1.165, 1.54) is 26.9 Å². The van der Waals surface area contributed by atoms with Gasteiger partial charge in [-0.2, -0.15) is 0 Å². The van der Waals surface area contributed by atoms with Crippen molar-refractivity contribution in [1.82, 2.24) is 4.98 Å². The summed E-state index contributed by atoms with van der Waals surface area (Å²) in [7, 11) is 1.35. The van der Waals surface area contributed by atoms with Gasteiger partial charge in [0.1, 0.15) is 5.82 Å². The zero-order valence-corrected chi connectivity index (χ0v) is 11.7. The van der Waals surface area contributed by atoms with Crippen molar-refractivity contribution in [1.29, 1.82) is 0 Å². The zero-order valence-electron chi connectivity index (χ0n) is 10.1. The Morgan fingerprint density at radius 1 is 1.41 bits per heavy atom. The standard InChI is InChI=1S/C9H11BrN2.C3H6O2/c10-8-3-4-9(11-7-8)12-5-1-2-6-12;1-3(4)5-2/h3-4,7H,1-2,5-6H2;1-2H3. The summed E-state index contributed by atoms with van der Waals surface area (Å²) in [5.74, 6) is 0.862. The van der Waals surface area contributed by atoms with E-state index in [4.69, 9.17) is 0 Å². The summed E-state index contributed by atoms with van der Waals surface area (Å²) in [6.45, 7) is 3.68. The van der Waals surface area contributed by atoms with Crippen molar-refractivity contribution in [2.45, 2.75) is 19.8 Å². The van der Waals surface area contributed by atoms with Gasteiger partial charge in [0.05, 0.1) is 7.11 Å². The minimum atomic E-state index is -0.245. The van der Waals surface area contributed by atoms with Crippen molar-refractivity contribution in [3.8, 4) is 0 Å². The van der Waals surface area contributed by atoms with Crippen LogP contribution in [0.1, 0.15) is 19.8 Å². The summed E-state index contributed by atoms with van der Waals surface area (Å²) in [4.78, 5) is 16.3. The molecule has 4 nitrogen and oxygen atoms in total. The lowest BCUT2D eigenvalue weighted by Gasteiger charge is -2.15. The van der Waals surface area contributed by atoms with Crippen molar-refractivity contribution in [3.05, 3.63) is 22.8 Å². The Balaban J connectivity index is 0.000000249. The molecule has 2 rings (SSSR count). The molecular formula is C12H17BrN2O2. The van der Waals surface area contributed by atoms with Crippen molar-refractivity contribution in [2.75, 3.05) is 25.1 Å². The van der Waals surface area contributed by atoms with Crippen molar-refractivity contribution >= 4 is 27.7 Å². The minimum Gasteiger partial charge on any atom is -0.469 e. The number of pyridine rings is 1. The summed E-state index contributed by atoms with van der Waals surface area (Å²) in [5.41, 5.74) is 0. The number of carbonyl (C=O) groups excluding carboxylic acids is 1. The average Bonchev–Trinajstić information content (AvgIpc) is 2.84. The highest BCUT2D eigenvalue weighted by atomic mass is 79.9. The molecule has 94 valence electrons. The van der Waals surface area contributed by atoms with E-state index in [0.717, 1.165) is 23.4 Å². The molecule has 0 radical (unpaired) electrons. The Hall–Kier alpha value is -1.10. The van der Waals surface area contributed by atoms with Crippen LogP contribution >= 0.6 is 15.9 Å². The lowest BCUT2D eigenvalue weighted by molar-refractivity contribution is -0.137. The lowest BCUT2D eigenvalue weighted by atomic mass is 10.4. The van der Waals surface area contributed by atoms with Gasteiger partial charge in [0.15, 0.2) is 0 Å². The number of hydrogen-bond acceptors (Lipinski definition) is 4. The molecule has 17 heavy (non-hydrogen) atoms. The summed E-state index contributed by atoms with van der Waals surface area (Å²) in [5, 5.41) is 0. The first-order valence-corrected chi connectivity index (χ1v) is 6.34. The van der Waals surface area contributed by atoms with Crippen LogP contribution in [0.25, 0.3) is 0 Å². The first kappa shape index (κ1) is 14.0. The molecule has 0 spiro atoms. The average molecular weight is 301 g/mol. The third kappa shape index (κ3) is 5.17. The monoisotopic (exact) mass is 300 g/mol. The smallest absolute Gasteiger partial charge is 0.302 e. The first-order chi connectivity index (χ1) is 8.13. The fourth-order valence-corrected chi connectivity index (χ4v) is 1.74. The predicted octanol–water partition coefficient (Wildman–Crippen LogP) is 2.62. The lowest BCUT2D eigenvalue weighted by Crippen LogP contribution is -2.18. The fraction of sp³-hybridized carbons (Fsp3) is 0.500. The highest BCUT2D eigenvalue weighted by Crippen LogP contribution is 2.18. The molecule has 2 heterocycles. The number of carbonyl (C=O) groups is 1. The number of aromatic nitrogens is 1. The maximum Gasteiger partial charge on any atom is 0.302 e. The van der Waals surface area contributed by atoms with Crippen LogP contribution in [0.2, 0.25) is 0 Å². The van der Waals surface area contributed by atoms with E-state index >= 15 is 0 Å². The Kier molecular flexibility index (Phi) is 5.97. The second-order valence-electron chi connectivity index (χ2n) is 3.72. The normalized spacial score (nSPS) is 13.9. The number of anilines is 1. The molecule has 1 aromatic rings. The van der Waals surface area contributed by atoms with Crippen LogP contribution < -0.4 is 4.90 Å². The summed E-state index contributed by atoms with van der Waals surface area (Å²) in [6.07, 6.45) is 4.46. The van der Waals surface area contributed by atoms with Crippen LogP contribution in [0.5, 0.6) is 0 Å². The Labute approximate surface area is 110 Å². The van der Waals surface area contributed by atoms with Gasteiger partial charge in [0.2, 0.25) is 0 Å². The number of methoxy groups -OCH3 is 1. The second kappa shape index (κ2) is 7.27. The molecule has 0 aromatic carbocycles. The molecule has 0 aliphatic carbocycles. The van der Waals surface area contributed by atoms with Crippen molar-refractivity contribution in [3.63, 3.8) is 0 Å². The van der Waals surface area contributed by atoms with Gasteiger partial charge in [-0.3, -0.25) is 4.79 Å². The molecule has 5 heteroatoms. The zero-order chi connectivity index (χ0) is 12.7. The molecule has 1 fully saturated rings. The van der Waals surface area contributed by atoms with E-state index < -0.39 is 0 Å². The molecule has 1 saturated heterocycles. The molecule has 0 unspecified atom stereocenters. The minimum absolute atomic E-state index is 0.245. The highest BCUT2D eigenvalue weighted by Gasteiger charge is 2.12. The van der Waals surface area contributed by atoms with Crippen molar-refractivity contribution < 1.29 is 9.53 Å². The van der Waals surface area contributed by atoms with Crippen LogP contribution in [-0.2, 0) is 9.53 Å². The third-order valence-electron chi connectivity index (χ3n) is 2.43. The van der Waals surface area contributed by atoms with Crippen LogP contribution in [0.15, 0.2) is 22.8 Å². The van der Waals surface area contributed by atoms with Gasteiger partial charge in [-0.25, -0.2) is 4.98 Å². The Morgan fingerprint density at radius 3 is 2.41 bits per heavy atom. The molecule has 1 aromatic heterocycles. The van der Waals surface area contributed by atoms with Gasteiger partial charge >= 0.3 is 5.97 Å². The summed E-state index contributed by atoms with van der Waals surface area (Å²) >= 11 is 3.37. The van der Waals surface area contributed by atoms with Gasteiger partial charge in [-0.05, 0) is 40.9 Å². The van der Waals surface area contributed by atoms with Crippen molar-refractivity contribution in [2.24, 2.45) is 0 Å². The number of ether oxygens (including phenoxy) is 1. The molecule has 0 atom stereocenters. The quantitative estimate of drug-likeness (QED) is 0.748. The van der Waals surface area contributed by atoms with Gasteiger partial charge in [0, 0.05) is 30.7 Å². The Morgan fingerprint density at radius 2 is 2.00 bits per heavy atom. The molecule has 1 aliphatic rings. The molecule has 0 saturated carbocycles. The van der Waals surface area contributed by atoms with Gasteiger partial charge < -0.3 is 9.64 Å². The topological polar surface area (TPSA) is 42.4 Å². The van der Waals surface area contributed by atoms with Gasteiger partial charge in [-0.1, -0.05) is 0 Å². The van der Waals surface area contributed by atoms with Crippen LogP contribution in [-0.4, -0.2) is 31.2 Å². The SMILES string of the molecule is Brc1ccc(N2CCCC2)nc1.COC(C)=O. The van der Waals surface area contributed by atoms with E-state index in [-0.39, 0.29) is 5.97 Å². The first-order valence-electron chi connectivity index (χ1n) is 5.54. The molecule has 1 aliphatic heterocycles. The van der Waals surface area contributed by atoms with Crippen LogP contribution in [0, 0.1) is 0 Å². The number of hydrogen-bond donors (Lipinski definition) is 0. The fourth-order valence-electron chi connectivity index (χ4n) is 1.50. The maximum atomic E-state index is 9.59. The second-order valence-corrected chi connectivity index (χ2v) is 4.64. The van der Waals surface area contributed by atoms with E-state index in [1.807, 2.05) is 12.3 Å². The number of nitrogens with zero attached hydrogens (tertiary/aromatic N) is 2. The number of esters is 1. The number of halogens is 1. The summed E-state index contributed by atoms with van der Waals surface area (Å²) < 4.78 is 5.16. The van der Waals surface area contributed by atoms with Crippen LogP contribution in [0.4, 0.5) is 5.82 Å². The van der Waals surface area contributed by atoms with E-state index in [9.17, 15) is 4.79 Å². The molecule has 0 N–H and O–H groups in total. The van der Waals surface area contributed by atoms with Gasteiger partial charge in [0.25, 0.3) is 0 Å². The van der Waals surface area contributed by atoms with E-state index in [1.54, 1.807) is 0 Å². The predicted molar refractivity (Wildman–Crippen MR) is 71.1 cm³/mol. The van der Waals surface area contributed by atoms with Crippen LogP contribution in [0.3, 0.4) is 0 Å². The van der Waals surface area contributed by atoms with Gasteiger partial charge in [-0.15, -0.1) is 0 Å². The Bertz CT molecular complexity index is 348. The molecule has 0 bridgehead atoms. The highest BCUT2D eigenvalue weighted by molar-refractivity contribution is 9.10. The number of rotatable bonds is 1. The largest absolute Gasteiger partial charge is 0.469 e. The summed E-state index contributed by atoms with van der Waals surface area (Å²) in [6, 6.07) is 4.11. The molecule has 0 amide bonds. The maximum absolute atomic E-state index is 9.59.